The summed E-state index contributed by atoms with van der Waals surface area (Å²) in [6, 6.07) is 7.12. The third kappa shape index (κ3) is 7.08. The normalized spacial score (nSPS) is 12.0. The zero-order chi connectivity index (χ0) is 15.5. The second kappa shape index (κ2) is 10.1. The standard InChI is InChI=1S/C15H24N2O4/c1-3-19-10-11-20-12(2)15(18)17-13-4-6-14(7-5-13)21-9-8-16/h4-7,12H,3,8-11,16H2,1-2H3,(H,17,18). The Labute approximate surface area is 125 Å². The van der Waals surface area contributed by atoms with Gasteiger partial charge in [-0.1, -0.05) is 0 Å². The zero-order valence-electron chi connectivity index (χ0n) is 12.6. The largest absolute Gasteiger partial charge is 0.492 e. The van der Waals surface area contributed by atoms with Crippen molar-refractivity contribution in [3.8, 4) is 5.75 Å². The van der Waals surface area contributed by atoms with Crippen LogP contribution in [0.2, 0.25) is 0 Å². The monoisotopic (exact) mass is 296 g/mol. The summed E-state index contributed by atoms with van der Waals surface area (Å²) in [7, 11) is 0. The SMILES string of the molecule is CCOCCOC(C)C(=O)Nc1ccc(OCCN)cc1. The Balaban J connectivity index is 2.35. The molecule has 118 valence electrons. The molecule has 1 aromatic rings. The van der Waals surface area contributed by atoms with Crippen molar-refractivity contribution in [1.29, 1.82) is 0 Å². The smallest absolute Gasteiger partial charge is 0.253 e. The van der Waals surface area contributed by atoms with Crippen molar-refractivity contribution >= 4 is 11.6 Å². The summed E-state index contributed by atoms with van der Waals surface area (Å²) in [5.41, 5.74) is 6.05. The summed E-state index contributed by atoms with van der Waals surface area (Å²) in [5, 5.41) is 2.78. The minimum atomic E-state index is -0.529. The highest BCUT2D eigenvalue weighted by Gasteiger charge is 2.13. The van der Waals surface area contributed by atoms with Gasteiger partial charge in [0.2, 0.25) is 0 Å². The predicted molar refractivity (Wildman–Crippen MR) is 81.5 cm³/mol. The maximum Gasteiger partial charge on any atom is 0.253 e. The zero-order valence-corrected chi connectivity index (χ0v) is 12.6. The van der Waals surface area contributed by atoms with Gasteiger partial charge in [-0.05, 0) is 38.1 Å². The number of hydrogen-bond acceptors (Lipinski definition) is 5. The van der Waals surface area contributed by atoms with Crippen molar-refractivity contribution in [3.05, 3.63) is 24.3 Å². The molecule has 1 atom stereocenters. The molecule has 0 bridgehead atoms. The summed E-state index contributed by atoms with van der Waals surface area (Å²) in [5.74, 6) is 0.529. The highest BCUT2D eigenvalue weighted by molar-refractivity contribution is 5.93. The van der Waals surface area contributed by atoms with E-state index in [1.807, 2.05) is 6.92 Å². The van der Waals surface area contributed by atoms with Crippen LogP contribution in [0, 0.1) is 0 Å². The Kier molecular flexibility index (Phi) is 8.42. The molecule has 0 aliphatic heterocycles. The Morgan fingerprint density at radius 1 is 1.24 bits per heavy atom. The lowest BCUT2D eigenvalue weighted by atomic mass is 10.3. The molecule has 6 heteroatoms. The van der Waals surface area contributed by atoms with Gasteiger partial charge in [0.25, 0.3) is 5.91 Å². The minimum Gasteiger partial charge on any atom is -0.492 e. The fourth-order valence-corrected chi connectivity index (χ4v) is 1.56. The van der Waals surface area contributed by atoms with E-state index in [-0.39, 0.29) is 5.91 Å². The van der Waals surface area contributed by atoms with E-state index in [0.29, 0.717) is 38.7 Å². The molecule has 21 heavy (non-hydrogen) atoms. The molecule has 0 radical (unpaired) electrons. The van der Waals surface area contributed by atoms with E-state index >= 15 is 0 Å². The maximum absolute atomic E-state index is 11.9. The molecule has 0 heterocycles. The summed E-state index contributed by atoms with van der Waals surface area (Å²) < 4.78 is 15.9. The Morgan fingerprint density at radius 2 is 1.95 bits per heavy atom. The molecular weight excluding hydrogens is 272 g/mol. The van der Waals surface area contributed by atoms with Crippen LogP contribution >= 0.6 is 0 Å². The number of anilines is 1. The van der Waals surface area contributed by atoms with Gasteiger partial charge in [-0.2, -0.15) is 0 Å². The first-order valence-corrected chi connectivity index (χ1v) is 7.10. The quantitative estimate of drug-likeness (QED) is 0.638. The van der Waals surface area contributed by atoms with Gasteiger partial charge in [0.1, 0.15) is 18.5 Å². The molecule has 1 rings (SSSR count). The summed E-state index contributed by atoms with van der Waals surface area (Å²) in [4.78, 5) is 11.9. The van der Waals surface area contributed by atoms with Crippen molar-refractivity contribution in [2.24, 2.45) is 5.73 Å². The molecule has 0 aliphatic rings. The van der Waals surface area contributed by atoms with Gasteiger partial charge in [-0.15, -0.1) is 0 Å². The molecular formula is C15H24N2O4. The van der Waals surface area contributed by atoms with Crippen LogP contribution in [0.15, 0.2) is 24.3 Å². The van der Waals surface area contributed by atoms with Crippen molar-refractivity contribution < 1.29 is 19.0 Å². The third-order valence-electron chi connectivity index (χ3n) is 2.68. The Hall–Kier alpha value is -1.63. The van der Waals surface area contributed by atoms with E-state index in [1.165, 1.54) is 0 Å². The number of ether oxygens (including phenoxy) is 3. The summed E-state index contributed by atoms with van der Waals surface area (Å²) >= 11 is 0. The number of amides is 1. The first-order chi connectivity index (χ1) is 10.2. The summed E-state index contributed by atoms with van der Waals surface area (Å²) in [6.07, 6.45) is -0.529. The Morgan fingerprint density at radius 3 is 2.57 bits per heavy atom. The number of carbonyl (C=O) groups excluding carboxylic acids is 1. The van der Waals surface area contributed by atoms with Crippen LogP contribution in [0.3, 0.4) is 0 Å². The third-order valence-corrected chi connectivity index (χ3v) is 2.68. The fourth-order valence-electron chi connectivity index (χ4n) is 1.56. The van der Waals surface area contributed by atoms with Crippen LogP contribution in [0.4, 0.5) is 5.69 Å². The Bertz CT molecular complexity index is 409. The average molecular weight is 296 g/mol. The first-order valence-electron chi connectivity index (χ1n) is 7.10. The van der Waals surface area contributed by atoms with E-state index < -0.39 is 6.10 Å². The molecule has 0 fully saturated rings. The minimum absolute atomic E-state index is 0.192. The van der Waals surface area contributed by atoms with Gasteiger partial charge < -0.3 is 25.3 Å². The van der Waals surface area contributed by atoms with E-state index in [9.17, 15) is 4.79 Å². The van der Waals surface area contributed by atoms with E-state index in [2.05, 4.69) is 5.32 Å². The number of hydrogen-bond donors (Lipinski definition) is 2. The second-order valence-corrected chi connectivity index (χ2v) is 4.36. The first kappa shape index (κ1) is 17.4. The van der Waals surface area contributed by atoms with Gasteiger partial charge in [-0.3, -0.25) is 4.79 Å². The van der Waals surface area contributed by atoms with Crippen LogP contribution in [0.1, 0.15) is 13.8 Å². The van der Waals surface area contributed by atoms with Crippen molar-refractivity contribution in [1.82, 2.24) is 0 Å². The van der Waals surface area contributed by atoms with Crippen LogP contribution in [-0.2, 0) is 14.3 Å². The van der Waals surface area contributed by atoms with Crippen LogP contribution < -0.4 is 15.8 Å². The molecule has 0 saturated carbocycles. The van der Waals surface area contributed by atoms with Crippen LogP contribution in [0.5, 0.6) is 5.75 Å². The van der Waals surface area contributed by atoms with Gasteiger partial charge in [0, 0.05) is 18.8 Å². The van der Waals surface area contributed by atoms with Crippen molar-refractivity contribution in [2.45, 2.75) is 20.0 Å². The van der Waals surface area contributed by atoms with Gasteiger partial charge in [0.05, 0.1) is 13.2 Å². The fraction of sp³-hybridized carbons (Fsp3) is 0.533. The van der Waals surface area contributed by atoms with Gasteiger partial charge in [0.15, 0.2) is 0 Å². The second-order valence-electron chi connectivity index (χ2n) is 4.36. The lowest BCUT2D eigenvalue weighted by Gasteiger charge is -2.13. The molecule has 1 unspecified atom stereocenters. The van der Waals surface area contributed by atoms with E-state index in [1.54, 1.807) is 31.2 Å². The topological polar surface area (TPSA) is 82.8 Å². The highest BCUT2D eigenvalue weighted by Crippen LogP contribution is 2.15. The summed E-state index contributed by atoms with van der Waals surface area (Å²) in [6.45, 7) is 6.08. The molecule has 3 N–H and O–H groups in total. The van der Waals surface area contributed by atoms with Crippen molar-refractivity contribution in [3.63, 3.8) is 0 Å². The van der Waals surface area contributed by atoms with Crippen LogP contribution in [-0.4, -0.2) is 45.0 Å². The van der Waals surface area contributed by atoms with E-state index in [0.717, 1.165) is 5.75 Å². The number of rotatable bonds is 10. The van der Waals surface area contributed by atoms with Gasteiger partial charge in [-0.25, -0.2) is 0 Å². The highest BCUT2D eigenvalue weighted by atomic mass is 16.5. The molecule has 6 nitrogen and oxygen atoms in total. The molecule has 0 aliphatic carbocycles. The molecule has 0 aromatic heterocycles. The average Bonchev–Trinajstić information content (AvgIpc) is 2.50. The maximum atomic E-state index is 11.9. The molecule has 1 amide bonds. The number of nitrogens with one attached hydrogen (secondary N) is 1. The predicted octanol–water partition coefficient (Wildman–Crippen LogP) is 1.40. The number of benzene rings is 1. The molecule has 1 aromatic carbocycles. The molecule has 0 spiro atoms. The molecule has 0 saturated heterocycles. The van der Waals surface area contributed by atoms with Gasteiger partial charge >= 0.3 is 0 Å². The lowest BCUT2D eigenvalue weighted by Crippen LogP contribution is -2.28. The van der Waals surface area contributed by atoms with E-state index in [4.69, 9.17) is 19.9 Å². The lowest BCUT2D eigenvalue weighted by molar-refractivity contribution is -0.127. The number of nitrogens with two attached hydrogens (primary N) is 1. The number of carbonyl (C=O) groups is 1. The van der Waals surface area contributed by atoms with Crippen molar-refractivity contribution in [2.75, 3.05) is 38.3 Å². The van der Waals surface area contributed by atoms with Crippen LogP contribution in [0.25, 0.3) is 0 Å².